The number of piperidine rings is 1. The number of amides is 2. The number of hydrogen-bond donors (Lipinski definition) is 2. The molecule has 0 spiro atoms. The highest BCUT2D eigenvalue weighted by molar-refractivity contribution is 5.89. The number of urea groups is 1. The van der Waals surface area contributed by atoms with Crippen molar-refractivity contribution in [3.05, 3.63) is 36.2 Å². The van der Waals surface area contributed by atoms with Crippen LogP contribution in [0.25, 0.3) is 0 Å². The van der Waals surface area contributed by atoms with Gasteiger partial charge in [-0.3, -0.25) is 5.10 Å². The second kappa shape index (κ2) is 5.98. The van der Waals surface area contributed by atoms with Gasteiger partial charge in [-0.15, -0.1) is 0 Å². The summed E-state index contributed by atoms with van der Waals surface area (Å²) >= 11 is 0. The summed E-state index contributed by atoms with van der Waals surface area (Å²) in [6.45, 7) is 0.753. The summed E-state index contributed by atoms with van der Waals surface area (Å²) in [7, 11) is 0. The molecule has 120 valence electrons. The number of likely N-dealkylation sites (tertiary alicyclic amines) is 1. The maximum Gasteiger partial charge on any atom is 0.322 e. The van der Waals surface area contributed by atoms with Crippen LogP contribution in [-0.2, 0) is 0 Å². The summed E-state index contributed by atoms with van der Waals surface area (Å²) in [4.78, 5) is 23.2. The van der Waals surface area contributed by atoms with E-state index in [2.05, 4.69) is 25.5 Å². The summed E-state index contributed by atoms with van der Waals surface area (Å²) < 4.78 is 0. The normalized spacial score (nSPS) is 21.2. The molecule has 2 aliphatic rings. The van der Waals surface area contributed by atoms with Crippen molar-refractivity contribution in [1.29, 1.82) is 0 Å². The van der Waals surface area contributed by atoms with Crippen LogP contribution in [0.4, 0.5) is 10.5 Å². The average molecular weight is 312 g/mol. The first kappa shape index (κ1) is 14.2. The van der Waals surface area contributed by atoms with Gasteiger partial charge < -0.3 is 10.2 Å². The first-order valence-electron chi connectivity index (χ1n) is 8.19. The quantitative estimate of drug-likeness (QED) is 0.912. The zero-order valence-corrected chi connectivity index (χ0v) is 12.9. The molecule has 2 N–H and O–H groups in total. The lowest BCUT2D eigenvalue weighted by molar-refractivity contribution is 0.163. The molecule has 2 aromatic heterocycles. The third-order valence-electron chi connectivity index (χ3n) is 4.53. The van der Waals surface area contributed by atoms with Crippen LogP contribution in [0.3, 0.4) is 0 Å². The van der Waals surface area contributed by atoms with Crippen molar-refractivity contribution in [2.75, 3.05) is 11.9 Å². The lowest BCUT2D eigenvalue weighted by Gasteiger charge is -2.35. The summed E-state index contributed by atoms with van der Waals surface area (Å²) in [5.41, 5.74) is 1.70. The smallest absolute Gasteiger partial charge is 0.317 e. The van der Waals surface area contributed by atoms with Crippen LogP contribution in [0.2, 0.25) is 0 Å². The molecule has 2 amide bonds. The monoisotopic (exact) mass is 312 g/mol. The lowest BCUT2D eigenvalue weighted by atomic mass is 9.98. The van der Waals surface area contributed by atoms with Crippen molar-refractivity contribution in [2.24, 2.45) is 0 Å². The predicted molar refractivity (Wildman–Crippen MR) is 84.9 cm³/mol. The maximum absolute atomic E-state index is 12.6. The van der Waals surface area contributed by atoms with E-state index in [4.69, 9.17) is 0 Å². The van der Waals surface area contributed by atoms with Gasteiger partial charge in [-0.1, -0.05) is 0 Å². The van der Waals surface area contributed by atoms with Crippen molar-refractivity contribution >= 4 is 11.7 Å². The Morgan fingerprint density at radius 3 is 2.70 bits per heavy atom. The van der Waals surface area contributed by atoms with Crippen LogP contribution in [0, 0.1) is 0 Å². The lowest BCUT2D eigenvalue weighted by Crippen LogP contribution is -2.41. The third kappa shape index (κ3) is 3.04. The van der Waals surface area contributed by atoms with Crippen molar-refractivity contribution < 1.29 is 4.79 Å². The fourth-order valence-electron chi connectivity index (χ4n) is 3.11. The number of H-pyrrole nitrogens is 1. The Morgan fingerprint density at radius 1 is 1.17 bits per heavy atom. The second-order valence-corrected chi connectivity index (χ2v) is 6.27. The van der Waals surface area contributed by atoms with Gasteiger partial charge in [-0.25, -0.2) is 14.8 Å². The van der Waals surface area contributed by atoms with Crippen LogP contribution in [-0.4, -0.2) is 37.6 Å². The molecule has 7 heteroatoms. The Morgan fingerprint density at radius 2 is 2.00 bits per heavy atom. The number of rotatable bonds is 3. The summed E-state index contributed by atoms with van der Waals surface area (Å²) in [5.74, 6) is 1.41. The zero-order chi connectivity index (χ0) is 15.6. The number of anilines is 1. The number of carbonyl (C=O) groups is 1. The first-order chi connectivity index (χ1) is 11.3. The van der Waals surface area contributed by atoms with E-state index in [0.29, 0.717) is 11.6 Å². The molecule has 0 bridgehead atoms. The molecule has 1 unspecified atom stereocenters. The first-order valence-corrected chi connectivity index (χ1v) is 8.19. The molecular weight excluding hydrogens is 292 g/mol. The minimum atomic E-state index is -0.0985. The van der Waals surface area contributed by atoms with E-state index in [0.717, 1.165) is 37.2 Å². The molecule has 1 aliphatic heterocycles. The van der Waals surface area contributed by atoms with Gasteiger partial charge >= 0.3 is 6.03 Å². The molecular formula is C16H20N6O. The molecule has 4 rings (SSSR count). The number of nitrogens with one attached hydrogen (secondary N) is 2. The Kier molecular flexibility index (Phi) is 3.69. The molecule has 3 heterocycles. The van der Waals surface area contributed by atoms with Crippen molar-refractivity contribution in [1.82, 2.24) is 25.1 Å². The van der Waals surface area contributed by atoms with E-state index < -0.39 is 0 Å². The van der Waals surface area contributed by atoms with Gasteiger partial charge in [0.05, 0.1) is 30.3 Å². The Balaban J connectivity index is 1.46. The van der Waals surface area contributed by atoms with Crippen LogP contribution in [0.15, 0.2) is 24.8 Å². The van der Waals surface area contributed by atoms with E-state index in [-0.39, 0.29) is 12.1 Å². The van der Waals surface area contributed by atoms with Crippen molar-refractivity contribution in [2.45, 2.75) is 44.1 Å². The number of nitrogens with zero attached hydrogens (tertiary/aromatic N) is 4. The standard InChI is InChI=1S/C16H20N6O/c23-16(21-13-9-17-15(18-10-13)11-4-5-11)22-6-2-1-3-14(22)12-7-19-20-8-12/h7-11,14H,1-6H2,(H,19,20)(H,21,23). The van der Waals surface area contributed by atoms with Gasteiger partial charge in [-0.2, -0.15) is 5.10 Å². The summed E-state index contributed by atoms with van der Waals surface area (Å²) in [6.07, 6.45) is 12.5. The highest BCUT2D eigenvalue weighted by Crippen LogP contribution is 2.37. The topological polar surface area (TPSA) is 86.8 Å². The second-order valence-electron chi connectivity index (χ2n) is 6.27. The van der Waals surface area contributed by atoms with Crippen LogP contribution >= 0.6 is 0 Å². The fourth-order valence-corrected chi connectivity index (χ4v) is 3.11. The highest BCUT2D eigenvalue weighted by Gasteiger charge is 2.29. The molecule has 1 atom stereocenters. The number of carbonyl (C=O) groups excluding carboxylic acids is 1. The minimum Gasteiger partial charge on any atom is -0.317 e. The summed E-state index contributed by atoms with van der Waals surface area (Å²) in [5, 5.41) is 9.76. The number of hydrogen-bond acceptors (Lipinski definition) is 4. The van der Waals surface area contributed by atoms with E-state index in [9.17, 15) is 4.79 Å². The molecule has 1 saturated carbocycles. The summed E-state index contributed by atoms with van der Waals surface area (Å²) in [6, 6.07) is -0.0205. The fraction of sp³-hybridized carbons (Fsp3) is 0.500. The van der Waals surface area contributed by atoms with Gasteiger partial charge in [0.15, 0.2) is 0 Å². The van der Waals surface area contributed by atoms with E-state index in [1.165, 1.54) is 12.8 Å². The highest BCUT2D eigenvalue weighted by atomic mass is 16.2. The van der Waals surface area contributed by atoms with E-state index in [1.54, 1.807) is 18.6 Å². The van der Waals surface area contributed by atoms with Gasteiger partial charge in [0.25, 0.3) is 0 Å². The third-order valence-corrected chi connectivity index (χ3v) is 4.53. The average Bonchev–Trinajstić information content (AvgIpc) is 3.30. The Bertz CT molecular complexity index is 664. The zero-order valence-electron chi connectivity index (χ0n) is 12.9. The van der Waals surface area contributed by atoms with Gasteiger partial charge in [-0.05, 0) is 32.1 Å². The molecule has 1 saturated heterocycles. The maximum atomic E-state index is 12.6. The van der Waals surface area contributed by atoms with Gasteiger partial charge in [0, 0.05) is 24.2 Å². The molecule has 2 aromatic rings. The molecule has 0 aromatic carbocycles. The van der Waals surface area contributed by atoms with Gasteiger partial charge in [0.2, 0.25) is 0 Å². The van der Waals surface area contributed by atoms with Crippen LogP contribution in [0.5, 0.6) is 0 Å². The minimum absolute atomic E-state index is 0.0779. The number of aromatic amines is 1. The van der Waals surface area contributed by atoms with Crippen molar-refractivity contribution in [3.8, 4) is 0 Å². The molecule has 0 radical (unpaired) electrons. The number of aromatic nitrogens is 4. The Labute approximate surface area is 134 Å². The molecule has 23 heavy (non-hydrogen) atoms. The van der Waals surface area contributed by atoms with E-state index in [1.807, 2.05) is 11.1 Å². The van der Waals surface area contributed by atoms with Crippen LogP contribution in [0.1, 0.15) is 55.5 Å². The largest absolute Gasteiger partial charge is 0.322 e. The SMILES string of the molecule is O=C(Nc1cnc(C2CC2)nc1)N1CCCCC1c1cn[nH]c1. The Hall–Kier alpha value is -2.44. The van der Waals surface area contributed by atoms with Gasteiger partial charge in [0.1, 0.15) is 5.82 Å². The molecule has 7 nitrogen and oxygen atoms in total. The molecule has 1 aliphatic carbocycles. The van der Waals surface area contributed by atoms with E-state index >= 15 is 0 Å². The van der Waals surface area contributed by atoms with Crippen LogP contribution < -0.4 is 5.32 Å². The molecule has 2 fully saturated rings. The van der Waals surface area contributed by atoms with Crippen molar-refractivity contribution in [3.63, 3.8) is 0 Å². The predicted octanol–water partition coefficient (Wildman–Crippen LogP) is 2.84.